The second kappa shape index (κ2) is 11.8. The zero-order valence-corrected chi connectivity index (χ0v) is 15.7. The number of benzene rings is 2. The van der Waals surface area contributed by atoms with Crippen LogP contribution in [0.4, 0.5) is 9.59 Å². The summed E-state index contributed by atoms with van der Waals surface area (Å²) in [5.41, 5.74) is 6.67. The fourth-order valence-corrected chi connectivity index (χ4v) is 2.10. The maximum absolute atomic E-state index is 12.0. The first-order valence-corrected chi connectivity index (χ1v) is 8.81. The molecule has 0 aliphatic carbocycles. The van der Waals surface area contributed by atoms with Gasteiger partial charge in [0.1, 0.15) is 13.2 Å². The first kappa shape index (κ1) is 21.4. The Hall–Kier alpha value is -3.88. The number of nitrogens with zero attached hydrogens (tertiary/aromatic N) is 1. The monoisotopic (exact) mass is 398 g/mol. The summed E-state index contributed by atoms with van der Waals surface area (Å²) in [6, 6.07) is 18.2. The van der Waals surface area contributed by atoms with E-state index in [4.69, 9.17) is 15.2 Å². The molecule has 2 aromatic rings. The van der Waals surface area contributed by atoms with Crippen LogP contribution in [0.1, 0.15) is 17.5 Å². The quantitative estimate of drug-likeness (QED) is 0.485. The van der Waals surface area contributed by atoms with Gasteiger partial charge in [-0.1, -0.05) is 60.7 Å². The van der Waals surface area contributed by atoms with E-state index in [0.717, 1.165) is 11.1 Å². The van der Waals surface area contributed by atoms with E-state index in [-0.39, 0.29) is 32.1 Å². The molecule has 0 atom stereocenters. The Morgan fingerprint density at radius 2 is 1.24 bits per heavy atom. The molecule has 0 aliphatic heterocycles. The highest BCUT2D eigenvalue weighted by Crippen LogP contribution is 2.01. The van der Waals surface area contributed by atoms with Crippen molar-refractivity contribution in [1.82, 2.24) is 10.6 Å². The lowest BCUT2D eigenvalue weighted by molar-refractivity contribution is -0.117. The number of hydrogen-bond donors (Lipinski definition) is 3. The van der Waals surface area contributed by atoms with Gasteiger partial charge in [-0.25, -0.2) is 9.59 Å². The molecule has 0 fully saturated rings. The van der Waals surface area contributed by atoms with Gasteiger partial charge in [0.25, 0.3) is 0 Å². The summed E-state index contributed by atoms with van der Waals surface area (Å²) in [6.07, 6.45) is -1.70. The van der Waals surface area contributed by atoms with E-state index in [0.29, 0.717) is 0 Å². The molecule has 0 heterocycles. The maximum Gasteiger partial charge on any atom is 0.414 e. The molecule has 3 amide bonds. The molecule has 0 radical (unpaired) electrons. The zero-order valence-electron chi connectivity index (χ0n) is 15.7. The van der Waals surface area contributed by atoms with Crippen LogP contribution in [0.5, 0.6) is 0 Å². The predicted molar refractivity (Wildman–Crippen MR) is 106 cm³/mol. The molecule has 4 N–H and O–H groups in total. The van der Waals surface area contributed by atoms with Gasteiger partial charge in [-0.05, 0) is 11.1 Å². The van der Waals surface area contributed by atoms with Crippen LogP contribution < -0.4 is 16.4 Å². The van der Waals surface area contributed by atoms with Crippen LogP contribution in [-0.4, -0.2) is 30.6 Å². The van der Waals surface area contributed by atoms with Gasteiger partial charge in [-0.15, -0.1) is 0 Å². The number of hydrogen-bond acceptors (Lipinski definition) is 6. The normalized spacial score (nSPS) is 9.79. The van der Waals surface area contributed by atoms with Crippen LogP contribution in [0, 0.1) is 0 Å². The molecule has 0 saturated carbocycles. The van der Waals surface area contributed by atoms with Crippen LogP contribution in [0.3, 0.4) is 0 Å². The lowest BCUT2D eigenvalue weighted by Gasteiger charge is -2.11. The number of guanidine groups is 1. The lowest BCUT2D eigenvalue weighted by Crippen LogP contribution is -2.44. The van der Waals surface area contributed by atoms with Crippen molar-refractivity contribution in [2.24, 2.45) is 10.7 Å². The summed E-state index contributed by atoms with van der Waals surface area (Å²) in [5.74, 6) is -0.770. The first-order chi connectivity index (χ1) is 14.0. The van der Waals surface area contributed by atoms with E-state index in [1.165, 1.54) is 0 Å². The van der Waals surface area contributed by atoms with Crippen molar-refractivity contribution in [2.45, 2.75) is 19.6 Å². The highest BCUT2D eigenvalue weighted by atomic mass is 16.6. The number of carbonyl (C=O) groups is 3. The Morgan fingerprint density at radius 3 is 1.66 bits per heavy atom. The van der Waals surface area contributed by atoms with E-state index in [1.54, 1.807) is 24.3 Å². The summed E-state index contributed by atoms with van der Waals surface area (Å²) in [6.45, 7) is 0.0575. The maximum atomic E-state index is 12.0. The van der Waals surface area contributed by atoms with Gasteiger partial charge in [-0.2, -0.15) is 0 Å². The number of primary amides is 1. The minimum absolute atomic E-state index is 0.0252. The second-order valence-corrected chi connectivity index (χ2v) is 5.82. The topological polar surface area (TPSA) is 132 Å². The highest BCUT2D eigenvalue weighted by Gasteiger charge is 2.12. The number of alkyl carbamates (subject to hydrolysis) is 2. The molecule has 0 aromatic heterocycles. The molecule has 9 heteroatoms. The molecule has 0 aliphatic rings. The van der Waals surface area contributed by atoms with Crippen molar-refractivity contribution >= 4 is 24.1 Å². The number of rotatable bonds is 7. The summed E-state index contributed by atoms with van der Waals surface area (Å²) in [7, 11) is 0. The third kappa shape index (κ3) is 9.05. The predicted octanol–water partition coefficient (Wildman–Crippen LogP) is 2.07. The summed E-state index contributed by atoms with van der Waals surface area (Å²) in [4.78, 5) is 38.8. The summed E-state index contributed by atoms with van der Waals surface area (Å²) >= 11 is 0. The molecule has 0 saturated heterocycles. The number of nitrogens with one attached hydrogen (secondary N) is 2. The number of nitrogens with two attached hydrogens (primary N) is 1. The Labute approximate surface area is 167 Å². The Balaban J connectivity index is 1.88. The molecule has 0 spiro atoms. The Kier molecular flexibility index (Phi) is 8.68. The standard InChI is InChI=1S/C20H22N4O5/c21-17(25)11-12-22-18(23-19(26)28-13-15-7-3-1-4-8-15)24-20(27)29-14-16-9-5-2-6-10-16/h1-10H,11-14H2,(H2,21,25)(H2,22,23,24,26,27). The summed E-state index contributed by atoms with van der Waals surface area (Å²) in [5, 5.41) is 4.63. The van der Waals surface area contributed by atoms with Crippen LogP contribution in [-0.2, 0) is 27.5 Å². The van der Waals surface area contributed by atoms with Crippen LogP contribution in [0.25, 0.3) is 0 Å². The fourth-order valence-electron chi connectivity index (χ4n) is 2.10. The van der Waals surface area contributed by atoms with Gasteiger partial charge < -0.3 is 15.2 Å². The molecule has 29 heavy (non-hydrogen) atoms. The number of aliphatic imine (C=N–C) groups is 1. The number of ether oxygens (including phenoxy) is 2. The lowest BCUT2D eigenvalue weighted by atomic mass is 10.2. The minimum Gasteiger partial charge on any atom is -0.444 e. The molecule has 152 valence electrons. The van der Waals surface area contributed by atoms with Crippen molar-refractivity contribution in [1.29, 1.82) is 0 Å². The van der Waals surface area contributed by atoms with Gasteiger partial charge in [0.2, 0.25) is 11.9 Å². The van der Waals surface area contributed by atoms with Gasteiger partial charge in [0, 0.05) is 6.42 Å². The largest absolute Gasteiger partial charge is 0.444 e. The van der Waals surface area contributed by atoms with E-state index in [2.05, 4.69) is 15.6 Å². The number of carbonyl (C=O) groups excluding carboxylic acids is 3. The first-order valence-electron chi connectivity index (χ1n) is 8.81. The zero-order chi connectivity index (χ0) is 20.9. The third-order valence-corrected chi connectivity index (χ3v) is 3.49. The van der Waals surface area contributed by atoms with Gasteiger partial charge in [0.15, 0.2) is 0 Å². The molecule has 2 rings (SSSR count). The second-order valence-electron chi connectivity index (χ2n) is 5.82. The molecule has 0 unspecified atom stereocenters. The van der Waals surface area contributed by atoms with Gasteiger partial charge in [0.05, 0.1) is 6.54 Å². The van der Waals surface area contributed by atoms with Crippen LogP contribution in [0.15, 0.2) is 65.7 Å². The van der Waals surface area contributed by atoms with E-state index in [9.17, 15) is 14.4 Å². The molecule has 9 nitrogen and oxygen atoms in total. The third-order valence-electron chi connectivity index (χ3n) is 3.49. The van der Waals surface area contributed by atoms with E-state index >= 15 is 0 Å². The highest BCUT2D eigenvalue weighted by molar-refractivity contribution is 6.01. The fraction of sp³-hybridized carbons (Fsp3) is 0.200. The Bertz CT molecular complexity index is 781. The number of amides is 3. The molecule has 0 bridgehead atoms. The van der Waals surface area contributed by atoms with Crippen molar-refractivity contribution < 1.29 is 23.9 Å². The average molecular weight is 398 g/mol. The molecular weight excluding hydrogens is 376 g/mol. The molecule has 2 aromatic carbocycles. The average Bonchev–Trinajstić information content (AvgIpc) is 2.72. The van der Waals surface area contributed by atoms with Crippen LogP contribution in [0.2, 0.25) is 0 Å². The van der Waals surface area contributed by atoms with Gasteiger partial charge in [-0.3, -0.25) is 20.4 Å². The molecular formula is C20H22N4O5. The van der Waals surface area contributed by atoms with E-state index in [1.807, 2.05) is 36.4 Å². The SMILES string of the molecule is NC(=O)CCN=C(NC(=O)OCc1ccccc1)NC(=O)OCc1ccccc1. The van der Waals surface area contributed by atoms with Gasteiger partial charge >= 0.3 is 12.2 Å². The van der Waals surface area contributed by atoms with E-state index < -0.39 is 18.1 Å². The summed E-state index contributed by atoms with van der Waals surface area (Å²) < 4.78 is 10.2. The van der Waals surface area contributed by atoms with Crippen molar-refractivity contribution in [3.05, 3.63) is 71.8 Å². The Morgan fingerprint density at radius 1 is 0.793 bits per heavy atom. The van der Waals surface area contributed by atoms with Crippen molar-refractivity contribution in [2.75, 3.05) is 6.54 Å². The van der Waals surface area contributed by atoms with Crippen LogP contribution >= 0.6 is 0 Å². The van der Waals surface area contributed by atoms with Crippen molar-refractivity contribution in [3.8, 4) is 0 Å². The minimum atomic E-state index is -0.824. The smallest absolute Gasteiger partial charge is 0.414 e. The van der Waals surface area contributed by atoms with Crippen molar-refractivity contribution in [3.63, 3.8) is 0 Å².